The van der Waals surface area contributed by atoms with Gasteiger partial charge in [-0.2, -0.15) is 5.10 Å². The molecule has 4 rings (SSSR count). The third-order valence-corrected chi connectivity index (χ3v) is 4.74. The molecule has 130 valence electrons. The molecule has 0 bridgehead atoms. The van der Waals surface area contributed by atoms with Crippen LogP contribution >= 0.6 is 0 Å². The zero-order valence-corrected chi connectivity index (χ0v) is 14.9. The molecule has 1 atom stereocenters. The topological polar surface area (TPSA) is 58.5 Å². The number of hydrogen-bond donors (Lipinski definition) is 0. The lowest BCUT2D eigenvalue weighted by Crippen LogP contribution is -2.26. The maximum atomic E-state index is 12.5. The lowest BCUT2D eigenvalue weighted by molar-refractivity contribution is -0.132. The molecular formula is C21H20N4O. The molecule has 1 aliphatic heterocycles. The summed E-state index contributed by atoms with van der Waals surface area (Å²) in [5.41, 5.74) is 5.83. The first-order valence-corrected chi connectivity index (χ1v) is 8.83. The minimum Gasteiger partial charge on any atom is -0.273 e. The normalized spacial score (nSPS) is 16.8. The van der Waals surface area contributed by atoms with Crippen molar-refractivity contribution in [1.29, 1.82) is 0 Å². The predicted molar refractivity (Wildman–Crippen MR) is 102 cm³/mol. The predicted octanol–water partition coefficient (Wildman–Crippen LogP) is 4.03. The van der Waals surface area contributed by atoms with E-state index in [1.807, 2.05) is 25.1 Å². The lowest BCUT2D eigenvalue weighted by atomic mass is 9.96. The van der Waals surface area contributed by atoms with Crippen molar-refractivity contribution in [1.82, 2.24) is 15.0 Å². The van der Waals surface area contributed by atoms with E-state index in [0.29, 0.717) is 12.8 Å². The van der Waals surface area contributed by atoms with Gasteiger partial charge in [0.1, 0.15) is 0 Å². The van der Waals surface area contributed by atoms with E-state index >= 15 is 0 Å². The zero-order chi connectivity index (χ0) is 18.1. The second-order valence-electron chi connectivity index (χ2n) is 6.50. The van der Waals surface area contributed by atoms with Crippen LogP contribution in [0.4, 0.5) is 0 Å². The van der Waals surface area contributed by atoms with Gasteiger partial charge in [-0.25, -0.2) is 5.01 Å². The highest BCUT2D eigenvalue weighted by Gasteiger charge is 2.33. The number of aryl methyl sites for hydroxylation is 1. The molecule has 0 radical (unpaired) electrons. The van der Waals surface area contributed by atoms with Crippen LogP contribution in [0.5, 0.6) is 0 Å². The van der Waals surface area contributed by atoms with Gasteiger partial charge in [0, 0.05) is 30.8 Å². The van der Waals surface area contributed by atoms with E-state index in [-0.39, 0.29) is 11.9 Å². The van der Waals surface area contributed by atoms with Crippen LogP contribution in [-0.2, 0) is 4.79 Å². The van der Waals surface area contributed by atoms with E-state index in [0.717, 1.165) is 27.9 Å². The van der Waals surface area contributed by atoms with Crippen LogP contribution < -0.4 is 0 Å². The van der Waals surface area contributed by atoms with Gasteiger partial charge in [-0.1, -0.05) is 48.9 Å². The first-order valence-electron chi connectivity index (χ1n) is 8.83. The van der Waals surface area contributed by atoms with Crippen molar-refractivity contribution in [2.24, 2.45) is 5.10 Å². The maximum Gasteiger partial charge on any atom is 0.242 e. The van der Waals surface area contributed by atoms with Crippen LogP contribution in [0.25, 0.3) is 11.0 Å². The summed E-state index contributed by atoms with van der Waals surface area (Å²) in [6.07, 6.45) is 4.46. The standard InChI is InChI=1S/C21H20N4O/c1-3-20(26)25-19(13-18(24-25)15-9-7-14(2)8-10-15)16-5-4-6-17-21(16)23-12-11-22-17/h4-12,19H,3,13H2,1-2H3/t19-/m1/s1. The van der Waals surface area contributed by atoms with Crippen molar-refractivity contribution in [3.63, 3.8) is 0 Å². The van der Waals surface area contributed by atoms with Crippen molar-refractivity contribution in [2.75, 3.05) is 0 Å². The van der Waals surface area contributed by atoms with Crippen LogP contribution in [-0.4, -0.2) is 26.6 Å². The first kappa shape index (κ1) is 16.4. The molecular weight excluding hydrogens is 324 g/mol. The fraction of sp³-hybridized carbons (Fsp3) is 0.238. The first-order chi connectivity index (χ1) is 12.7. The van der Waals surface area contributed by atoms with Gasteiger partial charge in [0.25, 0.3) is 0 Å². The highest BCUT2D eigenvalue weighted by molar-refractivity contribution is 6.03. The maximum absolute atomic E-state index is 12.5. The fourth-order valence-electron chi connectivity index (χ4n) is 3.35. The Morgan fingerprint density at radius 2 is 1.88 bits per heavy atom. The van der Waals surface area contributed by atoms with Gasteiger partial charge < -0.3 is 0 Å². The number of fused-ring (bicyclic) bond motifs is 1. The molecule has 3 aromatic rings. The van der Waals surface area contributed by atoms with Gasteiger partial charge in [-0.3, -0.25) is 14.8 Å². The van der Waals surface area contributed by atoms with Crippen LogP contribution in [0.3, 0.4) is 0 Å². The van der Waals surface area contributed by atoms with Gasteiger partial charge in [0.2, 0.25) is 5.91 Å². The second kappa shape index (κ2) is 6.67. The number of amides is 1. The highest BCUT2D eigenvalue weighted by atomic mass is 16.2. The summed E-state index contributed by atoms with van der Waals surface area (Å²) in [7, 11) is 0. The van der Waals surface area contributed by atoms with E-state index in [2.05, 4.69) is 46.3 Å². The third kappa shape index (κ3) is 2.86. The molecule has 0 aliphatic carbocycles. The largest absolute Gasteiger partial charge is 0.273 e. The molecule has 0 N–H and O–H groups in total. The second-order valence-corrected chi connectivity index (χ2v) is 6.50. The molecule has 2 heterocycles. The van der Waals surface area contributed by atoms with E-state index in [1.54, 1.807) is 17.4 Å². The summed E-state index contributed by atoms with van der Waals surface area (Å²) in [6, 6.07) is 14.0. The highest BCUT2D eigenvalue weighted by Crippen LogP contribution is 2.35. The molecule has 0 saturated carbocycles. The van der Waals surface area contributed by atoms with Gasteiger partial charge >= 0.3 is 0 Å². The number of hydrogen-bond acceptors (Lipinski definition) is 4. The molecule has 2 aromatic carbocycles. The minimum absolute atomic E-state index is 0.0120. The Balaban J connectivity index is 1.78. The van der Waals surface area contributed by atoms with Crippen LogP contribution in [0.1, 0.15) is 42.5 Å². The average molecular weight is 344 g/mol. The van der Waals surface area contributed by atoms with Gasteiger partial charge in [-0.15, -0.1) is 0 Å². The number of hydrazone groups is 1. The van der Waals surface area contributed by atoms with Gasteiger partial charge in [-0.05, 0) is 18.6 Å². The lowest BCUT2D eigenvalue weighted by Gasteiger charge is -2.22. The summed E-state index contributed by atoms with van der Waals surface area (Å²) in [6.45, 7) is 3.92. The van der Waals surface area contributed by atoms with E-state index in [4.69, 9.17) is 0 Å². The molecule has 5 nitrogen and oxygen atoms in total. The summed E-state index contributed by atoms with van der Waals surface area (Å²) in [5, 5.41) is 6.30. The molecule has 1 aliphatic rings. The number of rotatable bonds is 3. The molecule has 0 spiro atoms. The fourth-order valence-corrected chi connectivity index (χ4v) is 3.35. The molecule has 0 fully saturated rings. The molecule has 1 amide bonds. The smallest absolute Gasteiger partial charge is 0.242 e. The number of carbonyl (C=O) groups is 1. The Labute approximate surface area is 152 Å². The Hall–Kier alpha value is -3.08. The van der Waals surface area contributed by atoms with Crippen LogP contribution in [0.2, 0.25) is 0 Å². The SMILES string of the molecule is CCC(=O)N1N=C(c2ccc(C)cc2)C[C@@H]1c1cccc2nccnc12. The van der Waals surface area contributed by atoms with Crippen molar-refractivity contribution in [3.8, 4) is 0 Å². The Morgan fingerprint density at radius 1 is 1.12 bits per heavy atom. The van der Waals surface area contributed by atoms with Crippen molar-refractivity contribution in [3.05, 3.63) is 71.5 Å². The zero-order valence-electron chi connectivity index (χ0n) is 14.9. The van der Waals surface area contributed by atoms with Crippen LogP contribution in [0, 0.1) is 6.92 Å². The van der Waals surface area contributed by atoms with E-state index < -0.39 is 0 Å². The van der Waals surface area contributed by atoms with Crippen LogP contribution in [0.15, 0.2) is 60.0 Å². The number of carbonyl (C=O) groups excluding carboxylic acids is 1. The third-order valence-electron chi connectivity index (χ3n) is 4.74. The van der Waals surface area contributed by atoms with Gasteiger partial charge in [0.05, 0.1) is 22.8 Å². The Kier molecular flexibility index (Phi) is 4.21. The van der Waals surface area contributed by atoms with Crippen molar-refractivity contribution < 1.29 is 4.79 Å². The number of para-hydroxylation sites is 1. The summed E-state index contributed by atoms with van der Waals surface area (Å²) < 4.78 is 0. The quantitative estimate of drug-likeness (QED) is 0.721. The number of benzene rings is 2. The monoisotopic (exact) mass is 344 g/mol. The van der Waals surface area contributed by atoms with E-state index in [1.165, 1.54) is 5.56 Å². The van der Waals surface area contributed by atoms with E-state index in [9.17, 15) is 4.79 Å². The summed E-state index contributed by atoms with van der Waals surface area (Å²) >= 11 is 0. The molecule has 5 heteroatoms. The molecule has 1 aromatic heterocycles. The molecule has 0 unspecified atom stereocenters. The average Bonchev–Trinajstić information content (AvgIpc) is 3.12. The van der Waals surface area contributed by atoms with Gasteiger partial charge in [0.15, 0.2) is 0 Å². The molecule has 0 saturated heterocycles. The Bertz CT molecular complexity index is 989. The summed E-state index contributed by atoms with van der Waals surface area (Å²) in [4.78, 5) is 21.4. The minimum atomic E-state index is -0.154. The van der Waals surface area contributed by atoms with Crippen molar-refractivity contribution >= 4 is 22.7 Å². The Morgan fingerprint density at radius 3 is 2.65 bits per heavy atom. The molecule has 26 heavy (non-hydrogen) atoms. The summed E-state index contributed by atoms with van der Waals surface area (Å²) in [5.74, 6) is 0.0120. The number of nitrogens with zero attached hydrogens (tertiary/aromatic N) is 4. The van der Waals surface area contributed by atoms with Crippen molar-refractivity contribution in [2.45, 2.75) is 32.7 Å². The number of aromatic nitrogens is 2.